The predicted octanol–water partition coefficient (Wildman–Crippen LogP) is 0.360. The number of hydrogen-bond acceptors (Lipinski definition) is 1. The Bertz CT molecular complexity index is 282. The molecular weight excluding hydrogens is 136 g/mol. The van der Waals surface area contributed by atoms with Crippen LogP contribution < -0.4 is 5.32 Å². The van der Waals surface area contributed by atoms with E-state index < -0.39 is 0 Å². The molecule has 0 spiro atoms. The zero-order valence-electron chi connectivity index (χ0n) is 6.49. The van der Waals surface area contributed by atoms with Crippen LogP contribution in [0.3, 0.4) is 0 Å². The Balaban J connectivity index is 2.19. The average Bonchev–Trinajstić information content (AvgIpc) is 2.55. The van der Waals surface area contributed by atoms with Crippen molar-refractivity contribution in [3.05, 3.63) is 36.2 Å². The zero-order valence-corrected chi connectivity index (χ0v) is 6.49. The predicted molar refractivity (Wildman–Crippen MR) is 45.2 cm³/mol. The molecule has 0 saturated heterocycles. The topological polar surface area (TPSA) is 29.0 Å². The van der Waals surface area contributed by atoms with Gasteiger partial charge in [0.25, 0.3) is 0 Å². The lowest BCUT2D eigenvalue weighted by Gasteiger charge is -1.94. The van der Waals surface area contributed by atoms with E-state index in [9.17, 15) is 0 Å². The summed E-state index contributed by atoms with van der Waals surface area (Å²) in [5, 5.41) is 2.08. The second kappa shape index (κ2) is 2.47. The van der Waals surface area contributed by atoms with Crippen molar-refractivity contribution in [1.82, 2.24) is 0 Å². The van der Waals surface area contributed by atoms with Crippen molar-refractivity contribution in [1.29, 1.82) is 0 Å². The first kappa shape index (κ1) is 6.55. The maximum atomic E-state index is 4.44. The molecule has 2 N–H and O–H groups in total. The molecule has 0 saturated carbocycles. The van der Waals surface area contributed by atoms with Crippen LogP contribution >= 0.6 is 0 Å². The highest BCUT2D eigenvalue weighted by molar-refractivity contribution is 6.08. The minimum absolute atomic E-state index is 0.361. The van der Waals surface area contributed by atoms with Gasteiger partial charge in [0.05, 0.1) is 12.2 Å². The first-order chi connectivity index (χ1) is 5.36. The Morgan fingerprint density at radius 2 is 2.45 bits per heavy atom. The summed E-state index contributed by atoms with van der Waals surface area (Å²) >= 11 is 0. The van der Waals surface area contributed by atoms with Crippen molar-refractivity contribution in [2.75, 3.05) is 0 Å². The fraction of sp³-hybridized carbons (Fsp3) is 0.222. The Labute approximate surface area is 66.0 Å². The lowest BCUT2D eigenvalue weighted by molar-refractivity contribution is -0.521. The third kappa shape index (κ3) is 1.17. The molecule has 2 aliphatic rings. The molecule has 2 nitrogen and oxygen atoms in total. The van der Waals surface area contributed by atoms with Gasteiger partial charge < -0.3 is 0 Å². The van der Waals surface area contributed by atoms with E-state index in [1.165, 1.54) is 5.70 Å². The number of hydrogen-bond donors (Lipinski definition) is 1. The van der Waals surface area contributed by atoms with E-state index in [1.54, 1.807) is 0 Å². The standard InChI is InChI=1S/C9H10N2/c1-7-4-5-9(11-7)8-3-2-6-10-8/h2-7,10H,1H3/p+1. The molecule has 56 valence electrons. The van der Waals surface area contributed by atoms with Gasteiger partial charge in [-0.1, -0.05) is 6.08 Å². The summed E-state index contributed by atoms with van der Waals surface area (Å²) < 4.78 is 0. The minimum atomic E-state index is 0.361. The van der Waals surface area contributed by atoms with Gasteiger partial charge >= 0.3 is 0 Å². The van der Waals surface area contributed by atoms with Crippen LogP contribution in [-0.4, -0.2) is 11.8 Å². The van der Waals surface area contributed by atoms with Crippen LogP contribution in [-0.2, 0) is 0 Å². The molecule has 0 aromatic heterocycles. The molecule has 0 radical (unpaired) electrons. The summed E-state index contributed by atoms with van der Waals surface area (Å²) in [5.74, 6) is 0. The number of rotatable bonds is 1. The van der Waals surface area contributed by atoms with Crippen molar-refractivity contribution in [2.24, 2.45) is 4.99 Å². The molecule has 0 amide bonds. The third-order valence-corrected chi connectivity index (χ3v) is 1.83. The van der Waals surface area contributed by atoms with E-state index in [-0.39, 0.29) is 0 Å². The van der Waals surface area contributed by atoms with E-state index in [0.29, 0.717) is 6.04 Å². The minimum Gasteiger partial charge on any atom is -0.286 e. The van der Waals surface area contributed by atoms with Gasteiger partial charge in [0.2, 0.25) is 0 Å². The highest BCUT2D eigenvalue weighted by Gasteiger charge is 2.14. The second-order valence-electron chi connectivity index (χ2n) is 2.79. The Morgan fingerprint density at radius 3 is 3.00 bits per heavy atom. The highest BCUT2D eigenvalue weighted by Crippen LogP contribution is 2.07. The highest BCUT2D eigenvalue weighted by atomic mass is 14.9. The second-order valence-corrected chi connectivity index (χ2v) is 2.79. The quantitative estimate of drug-likeness (QED) is 0.555. The fourth-order valence-corrected chi connectivity index (χ4v) is 1.25. The molecule has 2 heteroatoms. The summed E-state index contributed by atoms with van der Waals surface area (Å²) in [6.07, 6.45) is 10.4. The SMILES string of the molecule is CC1C=CC(C2=CC=C[NH2+]2)=N1. The number of nitrogens with two attached hydrogens (primary N) is 1. The van der Waals surface area contributed by atoms with Crippen molar-refractivity contribution in [3.63, 3.8) is 0 Å². The van der Waals surface area contributed by atoms with Crippen molar-refractivity contribution in [3.8, 4) is 0 Å². The third-order valence-electron chi connectivity index (χ3n) is 1.83. The average molecular weight is 147 g/mol. The van der Waals surface area contributed by atoms with E-state index >= 15 is 0 Å². The van der Waals surface area contributed by atoms with Gasteiger partial charge in [-0.15, -0.1) is 0 Å². The molecule has 0 aliphatic carbocycles. The number of nitrogens with zero attached hydrogens (tertiary/aromatic N) is 1. The molecule has 0 aromatic carbocycles. The van der Waals surface area contributed by atoms with E-state index in [2.05, 4.69) is 35.5 Å². The summed E-state index contributed by atoms with van der Waals surface area (Å²) in [4.78, 5) is 4.44. The number of aliphatic imine (C=N–C) groups is 1. The summed E-state index contributed by atoms with van der Waals surface area (Å²) in [5.41, 5.74) is 2.34. The molecule has 11 heavy (non-hydrogen) atoms. The van der Waals surface area contributed by atoms with Gasteiger partial charge in [0.1, 0.15) is 5.71 Å². The van der Waals surface area contributed by atoms with Crippen LogP contribution in [0.5, 0.6) is 0 Å². The Kier molecular flexibility index (Phi) is 1.47. The number of allylic oxidation sites excluding steroid dienone is 3. The van der Waals surface area contributed by atoms with Gasteiger partial charge in [-0.3, -0.25) is 10.3 Å². The summed E-state index contributed by atoms with van der Waals surface area (Å²) in [7, 11) is 0. The lowest BCUT2D eigenvalue weighted by atomic mass is 10.2. The van der Waals surface area contributed by atoms with Crippen LogP contribution in [0.15, 0.2) is 41.2 Å². The Morgan fingerprint density at radius 1 is 1.55 bits per heavy atom. The monoisotopic (exact) mass is 147 g/mol. The van der Waals surface area contributed by atoms with E-state index in [1.807, 2.05) is 12.3 Å². The molecule has 1 unspecified atom stereocenters. The van der Waals surface area contributed by atoms with Crippen molar-refractivity contribution >= 4 is 5.71 Å². The normalized spacial score (nSPS) is 27.5. The van der Waals surface area contributed by atoms with Gasteiger partial charge in [0.15, 0.2) is 5.70 Å². The van der Waals surface area contributed by atoms with Gasteiger partial charge in [-0.05, 0) is 19.1 Å². The largest absolute Gasteiger partial charge is 0.286 e. The molecule has 2 heterocycles. The molecule has 0 bridgehead atoms. The van der Waals surface area contributed by atoms with Crippen molar-refractivity contribution in [2.45, 2.75) is 13.0 Å². The van der Waals surface area contributed by atoms with Gasteiger partial charge in [-0.2, -0.15) is 0 Å². The molecule has 1 atom stereocenters. The fourth-order valence-electron chi connectivity index (χ4n) is 1.25. The maximum absolute atomic E-state index is 4.44. The maximum Gasteiger partial charge on any atom is 0.159 e. The van der Waals surface area contributed by atoms with Crippen LogP contribution in [0.1, 0.15) is 6.92 Å². The van der Waals surface area contributed by atoms with Gasteiger partial charge in [0, 0.05) is 6.08 Å². The first-order valence-electron chi connectivity index (χ1n) is 3.84. The van der Waals surface area contributed by atoms with Gasteiger partial charge in [-0.25, -0.2) is 0 Å². The summed E-state index contributed by atoms with van der Waals surface area (Å²) in [6, 6.07) is 0.361. The van der Waals surface area contributed by atoms with Crippen LogP contribution in [0.25, 0.3) is 0 Å². The Hall–Kier alpha value is -1.15. The van der Waals surface area contributed by atoms with Crippen molar-refractivity contribution < 1.29 is 5.32 Å². The van der Waals surface area contributed by atoms with Crippen LogP contribution in [0.2, 0.25) is 0 Å². The van der Waals surface area contributed by atoms with E-state index in [0.717, 1.165) is 5.71 Å². The molecule has 2 rings (SSSR count). The van der Waals surface area contributed by atoms with E-state index in [4.69, 9.17) is 0 Å². The molecular formula is C9H11N2+. The molecule has 0 fully saturated rings. The molecule has 2 aliphatic heterocycles. The zero-order chi connectivity index (χ0) is 7.68. The molecule has 0 aromatic rings. The van der Waals surface area contributed by atoms with Crippen LogP contribution in [0.4, 0.5) is 0 Å². The van der Waals surface area contributed by atoms with Crippen LogP contribution in [0, 0.1) is 0 Å². The lowest BCUT2D eigenvalue weighted by Crippen LogP contribution is -2.75. The first-order valence-corrected chi connectivity index (χ1v) is 3.84. The number of quaternary nitrogens is 1. The smallest absolute Gasteiger partial charge is 0.159 e. The summed E-state index contributed by atoms with van der Waals surface area (Å²) in [6.45, 7) is 2.09.